The van der Waals surface area contributed by atoms with Crippen molar-refractivity contribution in [3.05, 3.63) is 156 Å². The van der Waals surface area contributed by atoms with Crippen molar-refractivity contribution < 1.29 is 27.9 Å². The number of hydrogen-bond donors (Lipinski definition) is 4. The van der Waals surface area contributed by atoms with Crippen molar-refractivity contribution in [3.63, 3.8) is 0 Å². The van der Waals surface area contributed by atoms with Gasteiger partial charge in [0.1, 0.15) is 29.6 Å². The molecule has 0 spiro atoms. The number of alkyl carbamates (subject to hydrolysis) is 1. The summed E-state index contributed by atoms with van der Waals surface area (Å²) in [4.78, 5) is 57.6. The maximum atomic E-state index is 15.8. The van der Waals surface area contributed by atoms with Crippen LogP contribution in [0, 0.1) is 10.8 Å². The maximum Gasteiger partial charge on any atom is 0.407 e. The summed E-state index contributed by atoms with van der Waals surface area (Å²) in [6.07, 6.45) is 0.493. The molecule has 5 N–H and O–H groups in total. The number of rotatable bonds is 17. The van der Waals surface area contributed by atoms with Crippen LogP contribution >= 0.6 is 0 Å². The van der Waals surface area contributed by atoms with Crippen LogP contribution in [0.4, 0.5) is 23.2 Å². The number of carbonyl (C=O) groups is 3. The number of halogens is 2. The lowest BCUT2D eigenvalue weighted by Crippen LogP contribution is -2.55. The molecule has 2 aliphatic rings. The van der Waals surface area contributed by atoms with Crippen molar-refractivity contribution in [2.45, 2.75) is 105 Å². The lowest BCUT2D eigenvalue weighted by molar-refractivity contribution is 0.0474. The molecule has 436 valence electrons. The van der Waals surface area contributed by atoms with Crippen molar-refractivity contribution in [2.24, 2.45) is 16.6 Å². The zero-order valence-electron chi connectivity index (χ0n) is 49.0. The smallest absolute Gasteiger partial charge is 0.407 e. The van der Waals surface area contributed by atoms with Crippen LogP contribution in [0.1, 0.15) is 97.2 Å². The predicted octanol–water partition coefficient (Wildman–Crippen LogP) is 10.2. The van der Waals surface area contributed by atoms with Gasteiger partial charge in [-0.25, -0.2) is 33.1 Å². The Bertz CT molecular complexity index is 2890. The minimum atomic E-state index is -1.54. The Labute approximate surface area is 478 Å². The van der Waals surface area contributed by atoms with Crippen LogP contribution in [0.25, 0.3) is 22.5 Å². The molecule has 0 saturated carbocycles. The number of aromatic nitrogens is 4. The van der Waals surface area contributed by atoms with Crippen LogP contribution in [0.5, 0.6) is 0 Å². The fourth-order valence-corrected chi connectivity index (χ4v) is 10.3. The molecule has 0 bridgehead atoms. The standard InChI is InChI=1S/C34H47FN6O3.C29H39FN6O/c1-33(2,3)29(30-38-28(26-15-11-8-12-16-26)24-40(30)22-25-13-9-7-10-14-25)41(32(43)39-19-17-36-18-20-39)23-27(35)21-37-31(42)44-34(4,5)6;1-29(2,3)26(36(20-24(30)18-31)28(37)34-16-14-32-15-17-34)27-33-25(23-12-8-5-9-13-23)21-35(27)19-22-10-6-4-7-11-22/h7-16,24,27,29,36H,17-23H2,1-6H3,(H,37,42);4-13,21,24,26,32H,14-20,31H2,1-3H3/t27-,29+;24-,26+/m11/s1. The molecule has 2 fully saturated rings. The van der Waals surface area contributed by atoms with E-state index >= 15 is 4.39 Å². The third kappa shape index (κ3) is 17.4. The molecule has 81 heavy (non-hydrogen) atoms. The molecular formula is C63H86F2N12O4. The fraction of sp³-hybridized carbons (Fsp3) is 0.476. The quantitative estimate of drug-likeness (QED) is 0.0694. The molecule has 2 aliphatic heterocycles. The molecule has 2 aromatic heterocycles. The number of hydrogen-bond acceptors (Lipinski definition) is 9. The molecule has 2 saturated heterocycles. The molecule has 4 atom stereocenters. The lowest BCUT2D eigenvalue weighted by Gasteiger charge is -2.43. The number of amides is 5. The van der Waals surface area contributed by atoms with E-state index < -0.39 is 47.0 Å². The number of imidazole rings is 2. The van der Waals surface area contributed by atoms with Gasteiger partial charge in [-0.15, -0.1) is 0 Å². The van der Waals surface area contributed by atoms with Crippen molar-refractivity contribution in [1.82, 2.24) is 54.7 Å². The summed E-state index contributed by atoms with van der Waals surface area (Å²) < 4.78 is 40.2. The van der Waals surface area contributed by atoms with Crippen LogP contribution in [0.15, 0.2) is 134 Å². The summed E-state index contributed by atoms with van der Waals surface area (Å²) in [5, 5.41) is 9.10. The molecule has 5 amide bonds. The second-order valence-corrected chi connectivity index (χ2v) is 24.1. The van der Waals surface area contributed by atoms with E-state index in [1.807, 2.05) is 130 Å². The van der Waals surface area contributed by atoms with Gasteiger partial charge in [0, 0.05) is 95.5 Å². The Morgan fingerprint density at radius 1 is 0.580 bits per heavy atom. The lowest BCUT2D eigenvalue weighted by atomic mass is 9.84. The highest BCUT2D eigenvalue weighted by Crippen LogP contribution is 2.42. The number of nitrogens with two attached hydrogens (primary N) is 1. The summed E-state index contributed by atoms with van der Waals surface area (Å²) in [6, 6.07) is 38.7. The largest absolute Gasteiger partial charge is 0.444 e. The topological polar surface area (TPSA) is 171 Å². The summed E-state index contributed by atoms with van der Waals surface area (Å²) in [5.74, 6) is 1.42. The van der Waals surface area contributed by atoms with Crippen molar-refractivity contribution in [2.75, 3.05) is 78.5 Å². The van der Waals surface area contributed by atoms with Crippen LogP contribution in [-0.2, 0) is 17.8 Å². The SMILES string of the molecule is CC(C)(C)OC(=O)NC[C@@H](F)CN(C(=O)N1CCNCC1)[C@@H](c1nc(-c2ccccc2)cn1Cc1ccccc1)C(C)(C)C.CC(C)(C)[C@H](c1nc(-c2ccccc2)cn1Cc1ccccc1)N(C[C@H](F)CN)C(=O)N1CCNCC1. The minimum absolute atomic E-state index is 0.0833. The summed E-state index contributed by atoms with van der Waals surface area (Å²) in [6.45, 7) is 23.0. The Kier molecular flexibility index (Phi) is 21.3. The first kappa shape index (κ1) is 61.5. The third-order valence-electron chi connectivity index (χ3n) is 14.1. The van der Waals surface area contributed by atoms with Gasteiger partial charge in [-0.2, -0.15) is 0 Å². The molecule has 0 unspecified atom stereocenters. The average molecular weight is 1110 g/mol. The molecule has 0 aliphatic carbocycles. The van der Waals surface area contributed by atoms with E-state index in [2.05, 4.69) is 70.1 Å². The Morgan fingerprint density at radius 2 is 0.938 bits per heavy atom. The highest BCUT2D eigenvalue weighted by atomic mass is 19.1. The first-order valence-electron chi connectivity index (χ1n) is 28.4. The van der Waals surface area contributed by atoms with Gasteiger partial charge in [-0.3, -0.25) is 0 Å². The summed E-state index contributed by atoms with van der Waals surface area (Å²) >= 11 is 0. The average Bonchev–Trinajstić information content (AvgIpc) is 4.09. The van der Waals surface area contributed by atoms with Gasteiger partial charge in [-0.1, -0.05) is 163 Å². The normalized spacial score (nSPS) is 15.6. The number of ether oxygens (including phenoxy) is 1. The van der Waals surface area contributed by atoms with Crippen molar-refractivity contribution in [1.29, 1.82) is 0 Å². The van der Waals surface area contributed by atoms with Gasteiger partial charge >= 0.3 is 18.2 Å². The Balaban J connectivity index is 0.000000237. The van der Waals surface area contributed by atoms with Gasteiger partial charge in [0.2, 0.25) is 0 Å². The molecule has 8 rings (SSSR count). The van der Waals surface area contributed by atoms with Gasteiger partial charge in [0.15, 0.2) is 0 Å². The second kappa shape index (κ2) is 28.0. The van der Waals surface area contributed by atoms with Gasteiger partial charge in [0.25, 0.3) is 0 Å². The van der Waals surface area contributed by atoms with E-state index in [-0.39, 0.29) is 38.2 Å². The molecule has 18 heteroatoms. The van der Waals surface area contributed by atoms with Gasteiger partial charge in [0.05, 0.1) is 43.1 Å². The minimum Gasteiger partial charge on any atom is -0.444 e. The van der Waals surface area contributed by atoms with E-state index in [4.69, 9.17) is 20.4 Å². The van der Waals surface area contributed by atoms with E-state index in [1.54, 1.807) is 40.4 Å². The molecule has 16 nitrogen and oxygen atoms in total. The molecule has 6 aromatic rings. The highest BCUT2D eigenvalue weighted by molar-refractivity contribution is 5.76. The number of nitrogens with one attached hydrogen (secondary N) is 3. The van der Waals surface area contributed by atoms with Gasteiger partial charge < -0.3 is 55.2 Å². The number of piperazine rings is 2. The van der Waals surface area contributed by atoms with Crippen molar-refractivity contribution in [3.8, 4) is 22.5 Å². The predicted molar refractivity (Wildman–Crippen MR) is 317 cm³/mol. The number of carbonyl (C=O) groups excluding carboxylic acids is 3. The zero-order chi connectivity index (χ0) is 58.3. The zero-order valence-corrected chi connectivity index (χ0v) is 49.0. The molecule has 4 aromatic carbocycles. The van der Waals surface area contributed by atoms with Gasteiger partial charge in [-0.05, 0) is 42.7 Å². The van der Waals surface area contributed by atoms with Crippen LogP contribution in [-0.4, -0.2) is 153 Å². The third-order valence-corrected chi connectivity index (χ3v) is 14.1. The Hall–Kier alpha value is -7.15. The first-order valence-corrected chi connectivity index (χ1v) is 28.4. The maximum absolute atomic E-state index is 15.8. The van der Waals surface area contributed by atoms with Crippen molar-refractivity contribution >= 4 is 18.2 Å². The van der Waals surface area contributed by atoms with E-state index in [0.717, 1.165) is 52.6 Å². The molecule has 4 heterocycles. The van der Waals surface area contributed by atoms with E-state index in [9.17, 15) is 18.8 Å². The number of benzene rings is 4. The summed E-state index contributed by atoms with van der Waals surface area (Å²) in [5.41, 5.74) is 9.82. The van der Waals surface area contributed by atoms with Crippen LogP contribution in [0.3, 0.4) is 0 Å². The van der Waals surface area contributed by atoms with Crippen LogP contribution in [0.2, 0.25) is 0 Å². The Morgan fingerprint density at radius 3 is 1.28 bits per heavy atom. The fourth-order valence-electron chi connectivity index (χ4n) is 10.3. The second-order valence-electron chi connectivity index (χ2n) is 24.1. The summed E-state index contributed by atoms with van der Waals surface area (Å²) in [7, 11) is 0. The van der Waals surface area contributed by atoms with E-state index in [1.165, 1.54) is 0 Å². The van der Waals surface area contributed by atoms with E-state index in [0.29, 0.717) is 58.2 Å². The number of alkyl halides is 2. The molecule has 0 radical (unpaired) electrons. The number of nitrogens with zero attached hydrogens (tertiary/aromatic N) is 8. The number of urea groups is 2. The first-order chi connectivity index (χ1) is 38.6. The monoisotopic (exact) mass is 1110 g/mol. The molecular weight excluding hydrogens is 1030 g/mol. The van der Waals surface area contributed by atoms with Crippen LogP contribution < -0.4 is 21.7 Å². The highest BCUT2D eigenvalue weighted by Gasteiger charge is 2.43.